The van der Waals surface area contributed by atoms with Gasteiger partial charge in [0, 0.05) is 31.6 Å². The monoisotopic (exact) mass is 604 g/mol. The lowest BCUT2D eigenvalue weighted by Gasteiger charge is -2.37. The molecular weight excluding hydrogens is 559 g/mol. The number of carbonyl (C=O) groups excluding carboxylic acids is 2. The number of aliphatic hydroxyl groups excluding tert-OH is 2. The number of phenols is 1. The van der Waals surface area contributed by atoms with Gasteiger partial charge in [-0.2, -0.15) is 0 Å². The minimum absolute atomic E-state index is 0.123. The molecule has 2 saturated heterocycles. The standard InChI is InChI=1S/C36H45FN2O5/c1-3-7-26-20-28-34(29(22-40)33(26)32(42)12-10-23(2)18-25-11-13-31(41)30(37)19-25)36(44)39(35(28)43)27-14-16-38(17-15-27)21-24-8-5-4-6-9-24/h4-6,8-9,11,13,18-19,27-29,32,34,40-42H,3,7,10,12,14-17,20-22H2,1-2H3/b23-18+/t28-,29+,32-,34-/m1/s1. The molecular formula is C36H45FN2O5. The summed E-state index contributed by atoms with van der Waals surface area (Å²) in [5.74, 6) is -3.16. The molecule has 0 unspecified atom stereocenters. The van der Waals surface area contributed by atoms with E-state index in [-0.39, 0.29) is 24.5 Å². The number of phenolic OH excluding ortho intramolecular Hbond substituents is 1. The highest BCUT2D eigenvalue weighted by molar-refractivity contribution is 6.06. The van der Waals surface area contributed by atoms with Gasteiger partial charge in [-0.3, -0.25) is 19.4 Å². The van der Waals surface area contributed by atoms with Crippen molar-refractivity contribution in [2.45, 2.75) is 77.5 Å². The largest absolute Gasteiger partial charge is 0.505 e. The Morgan fingerprint density at radius 2 is 1.82 bits per heavy atom. The van der Waals surface area contributed by atoms with Crippen molar-refractivity contribution in [3.8, 4) is 5.75 Å². The van der Waals surface area contributed by atoms with E-state index in [1.165, 1.54) is 22.6 Å². The highest BCUT2D eigenvalue weighted by Crippen LogP contribution is 2.48. The van der Waals surface area contributed by atoms with Gasteiger partial charge in [0.2, 0.25) is 11.8 Å². The number of imide groups is 1. The fraction of sp³-hybridized carbons (Fsp3) is 0.500. The Hall–Kier alpha value is -3.33. The Morgan fingerprint density at radius 3 is 2.48 bits per heavy atom. The molecule has 2 amide bonds. The van der Waals surface area contributed by atoms with Crippen molar-refractivity contribution in [3.05, 3.63) is 82.2 Å². The first-order valence-electron chi connectivity index (χ1n) is 16.0. The van der Waals surface area contributed by atoms with Crippen LogP contribution in [-0.4, -0.2) is 68.8 Å². The van der Waals surface area contributed by atoms with Crippen molar-refractivity contribution in [1.82, 2.24) is 9.80 Å². The summed E-state index contributed by atoms with van der Waals surface area (Å²) in [6.45, 7) is 6.12. The average molecular weight is 605 g/mol. The van der Waals surface area contributed by atoms with Crippen LogP contribution in [0.25, 0.3) is 6.08 Å². The van der Waals surface area contributed by atoms with Crippen LogP contribution >= 0.6 is 0 Å². The number of hydrogen-bond acceptors (Lipinski definition) is 6. The second kappa shape index (κ2) is 14.2. The molecule has 2 fully saturated rings. The second-order valence-electron chi connectivity index (χ2n) is 12.7. The van der Waals surface area contributed by atoms with Crippen molar-refractivity contribution >= 4 is 17.9 Å². The molecule has 44 heavy (non-hydrogen) atoms. The predicted molar refractivity (Wildman–Crippen MR) is 168 cm³/mol. The summed E-state index contributed by atoms with van der Waals surface area (Å²) < 4.78 is 13.8. The van der Waals surface area contributed by atoms with Crippen LogP contribution in [0.4, 0.5) is 4.39 Å². The summed E-state index contributed by atoms with van der Waals surface area (Å²) in [5, 5.41) is 31.6. The number of piperidine rings is 1. The van der Waals surface area contributed by atoms with Crippen molar-refractivity contribution in [2.24, 2.45) is 17.8 Å². The smallest absolute Gasteiger partial charge is 0.234 e. The maximum Gasteiger partial charge on any atom is 0.234 e. The fourth-order valence-electron chi connectivity index (χ4n) is 7.55. The Bertz CT molecular complexity index is 1400. The second-order valence-corrected chi connectivity index (χ2v) is 12.7. The highest BCUT2D eigenvalue weighted by atomic mass is 19.1. The molecule has 236 valence electrons. The minimum atomic E-state index is -0.868. The summed E-state index contributed by atoms with van der Waals surface area (Å²) in [6.07, 6.45) is 5.29. The molecule has 0 spiro atoms. The van der Waals surface area contributed by atoms with E-state index in [4.69, 9.17) is 0 Å². The van der Waals surface area contributed by atoms with E-state index in [0.717, 1.165) is 55.6 Å². The summed E-state index contributed by atoms with van der Waals surface area (Å²) >= 11 is 0. The van der Waals surface area contributed by atoms with Gasteiger partial charge in [-0.05, 0) is 74.3 Å². The van der Waals surface area contributed by atoms with Gasteiger partial charge < -0.3 is 15.3 Å². The summed E-state index contributed by atoms with van der Waals surface area (Å²) in [7, 11) is 0. The SMILES string of the molecule is CCCC1=C([C@H](O)CC/C(C)=C/c2ccc(O)c(F)c2)[C@H](CO)[C@@H]2C(=O)N(C3CCN(Cc4ccccc4)CC3)C(=O)[C@@H]2C1. The Labute approximate surface area is 259 Å². The number of fused-ring (bicyclic) bond motifs is 1. The molecule has 3 aliphatic rings. The molecule has 3 N–H and O–H groups in total. The molecule has 1 aliphatic carbocycles. The first-order valence-corrected chi connectivity index (χ1v) is 16.0. The fourth-order valence-corrected chi connectivity index (χ4v) is 7.55. The molecule has 0 radical (unpaired) electrons. The molecule has 7 nitrogen and oxygen atoms in total. The molecule has 2 aromatic rings. The maximum absolute atomic E-state index is 14.0. The van der Waals surface area contributed by atoms with E-state index in [1.807, 2.05) is 31.2 Å². The molecule has 0 aromatic heterocycles. The van der Waals surface area contributed by atoms with Crippen LogP contribution in [0.2, 0.25) is 0 Å². The molecule has 0 saturated carbocycles. The van der Waals surface area contributed by atoms with Gasteiger partial charge in [0.25, 0.3) is 0 Å². The van der Waals surface area contributed by atoms with Crippen molar-refractivity contribution in [2.75, 3.05) is 19.7 Å². The number of aromatic hydroxyl groups is 1. The normalized spacial score (nSPS) is 24.2. The van der Waals surface area contributed by atoms with Crippen LogP contribution in [0, 0.1) is 23.6 Å². The van der Waals surface area contributed by atoms with Gasteiger partial charge in [-0.15, -0.1) is 0 Å². The third-order valence-corrected chi connectivity index (χ3v) is 9.69. The van der Waals surface area contributed by atoms with Gasteiger partial charge in [0.15, 0.2) is 11.6 Å². The van der Waals surface area contributed by atoms with Crippen LogP contribution in [0.3, 0.4) is 0 Å². The Morgan fingerprint density at radius 1 is 1.09 bits per heavy atom. The molecule has 2 aliphatic heterocycles. The quantitative estimate of drug-likeness (QED) is 0.233. The van der Waals surface area contributed by atoms with E-state index in [0.29, 0.717) is 31.2 Å². The molecule has 8 heteroatoms. The van der Waals surface area contributed by atoms with Crippen LogP contribution in [-0.2, 0) is 16.1 Å². The van der Waals surface area contributed by atoms with E-state index >= 15 is 0 Å². The van der Waals surface area contributed by atoms with E-state index in [2.05, 4.69) is 24.0 Å². The Kier molecular flexibility index (Phi) is 10.3. The number of benzene rings is 2. The van der Waals surface area contributed by atoms with Gasteiger partial charge in [0.05, 0.1) is 24.5 Å². The number of halogens is 1. The zero-order valence-corrected chi connectivity index (χ0v) is 25.8. The first kappa shape index (κ1) is 32.1. The molecule has 2 heterocycles. The highest BCUT2D eigenvalue weighted by Gasteiger charge is 2.56. The number of rotatable bonds is 11. The molecule has 5 rings (SSSR count). The number of amides is 2. The number of aliphatic hydroxyl groups is 2. The van der Waals surface area contributed by atoms with E-state index < -0.39 is 35.4 Å². The number of carbonyl (C=O) groups is 2. The number of allylic oxidation sites excluding steroid dienone is 2. The average Bonchev–Trinajstić information content (AvgIpc) is 3.27. The van der Waals surface area contributed by atoms with Crippen molar-refractivity contribution in [3.63, 3.8) is 0 Å². The lowest BCUT2D eigenvalue weighted by Crippen LogP contribution is -2.47. The van der Waals surface area contributed by atoms with Crippen LogP contribution in [0.1, 0.15) is 69.9 Å². The number of nitrogens with zero attached hydrogens (tertiary/aromatic N) is 2. The topological polar surface area (TPSA) is 101 Å². The van der Waals surface area contributed by atoms with Gasteiger partial charge in [-0.25, -0.2) is 4.39 Å². The minimum Gasteiger partial charge on any atom is -0.505 e. The van der Waals surface area contributed by atoms with Crippen LogP contribution in [0.15, 0.2) is 65.3 Å². The Balaban J connectivity index is 1.28. The molecule has 0 bridgehead atoms. The molecule has 2 aromatic carbocycles. The number of hydrogen-bond donors (Lipinski definition) is 3. The van der Waals surface area contributed by atoms with Crippen molar-refractivity contribution < 1.29 is 29.3 Å². The predicted octanol–water partition coefficient (Wildman–Crippen LogP) is 5.45. The summed E-state index contributed by atoms with van der Waals surface area (Å²) in [5.41, 5.74) is 4.51. The van der Waals surface area contributed by atoms with Crippen molar-refractivity contribution in [1.29, 1.82) is 0 Å². The third-order valence-electron chi connectivity index (χ3n) is 9.69. The summed E-state index contributed by atoms with van der Waals surface area (Å²) in [6, 6.07) is 14.4. The van der Waals surface area contributed by atoms with Crippen LogP contribution < -0.4 is 0 Å². The van der Waals surface area contributed by atoms with E-state index in [9.17, 15) is 29.3 Å². The van der Waals surface area contributed by atoms with Gasteiger partial charge in [-0.1, -0.05) is 67.0 Å². The lowest BCUT2D eigenvalue weighted by atomic mass is 9.67. The maximum atomic E-state index is 14.0. The summed E-state index contributed by atoms with van der Waals surface area (Å²) in [4.78, 5) is 31.7. The zero-order chi connectivity index (χ0) is 31.4. The van der Waals surface area contributed by atoms with Gasteiger partial charge >= 0.3 is 0 Å². The van der Waals surface area contributed by atoms with E-state index in [1.54, 1.807) is 6.07 Å². The number of likely N-dealkylation sites (tertiary alicyclic amines) is 2. The first-order chi connectivity index (χ1) is 21.2. The van der Waals surface area contributed by atoms with Gasteiger partial charge in [0.1, 0.15) is 0 Å². The lowest BCUT2D eigenvalue weighted by molar-refractivity contribution is -0.144. The van der Waals surface area contributed by atoms with Crippen LogP contribution in [0.5, 0.6) is 5.75 Å². The zero-order valence-electron chi connectivity index (χ0n) is 25.8. The third kappa shape index (κ3) is 6.82. The molecule has 4 atom stereocenters.